The summed E-state index contributed by atoms with van der Waals surface area (Å²) in [6.07, 6.45) is 4.57. The van der Waals surface area contributed by atoms with Gasteiger partial charge in [0.05, 0.1) is 17.6 Å². The third-order valence-electron chi connectivity index (χ3n) is 4.77. The molecule has 0 saturated carbocycles. The number of rotatable bonds is 7. The average molecular weight is 387 g/mol. The number of nitrogens with one attached hydrogen (secondary N) is 3. The van der Waals surface area contributed by atoms with E-state index >= 15 is 0 Å². The molecule has 3 N–H and O–H groups in total. The first-order chi connectivity index (χ1) is 14.3. The summed E-state index contributed by atoms with van der Waals surface area (Å²) in [5.74, 6) is 1.74. The van der Waals surface area contributed by atoms with Crippen LogP contribution in [-0.4, -0.2) is 39.3 Å². The number of imidazole rings is 1. The lowest BCUT2D eigenvalue weighted by atomic mass is 10.1. The van der Waals surface area contributed by atoms with E-state index < -0.39 is 0 Å². The van der Waals surface area contributed by atoms with Crippen LogP contribution in [0.2, 0.25) is 0 Å². The van der Waals surface area contributed by atoms with Crippen LogP contribution in [0.25, 0.3) is 11.0 Å². The SMILES string of the molecule is CN=C(NCCc1nc2ccccc2[nH]1)NCc1ccccc1Cn1cccn1. The molecule has 2 heterocycles. The van der Waals surface area contributed by atoms with Crippen molar-refractivity contribution in [2.24, 2.45) is 4.99 Å². The number of aliphatic imine (C=N–C) groups is 1. The van der Waals surface area contributed by atoms with Gasteiger partial charge in [-0.15, -0.1) is 0 Å². The Morgan fingerprint density at radius 3 is 2.66 bits per heavy atom. The molecule has 2 aromatic heterocycles. The van der Waals surface area contributed by atoms with Gasteiger partial charge in [-0.2, -0.15) is 5.10 Å². The molecule has 0 bridgehead atoms. The second-order valence-electron chi connectivity index (χ2n) is 6.78. The van der Waals surface area contributed by atoms with Gasteiger partial charge in [0, 0.05) is 39.0 Å². The van der Waals surface area contributed by atoms with Crippen LogP contribution in [0.3, 0.4) is 0 Å². The maximum Gasteiger partial charge on any atom is 0.191 e. The van der Waals surface area contributed by atoms with E-state index in [2.05, 4.69) is 55.0 Å². The molecule has 2 aromatic carbocycles. The molecule has 4 rings (SSSR count). The lowest BCUT2D eigenvalue weighted by Gasteiger charge is -2.14. The average Bonchev–Trinajstić information content (AvgIpc) is 3.40. The summed E-state index contributed by atoms with van der Waals surface area (Å²) in [7, 11) is 1.78. The number of aromatic nitrogens is 4. The topological polar surface area (TPSA) is 82.9 Å². The van der Waals surface area contributed by atoms with E-state index in [0.717, 1.165) is 42.3 Å². The Hall–Kier alpha value is -3.61. The number of nitrogens with zero attached hydrogens (tertiary/aromatic N) is 4. The van der Waals surface area contributed by atoms with Gasteiger partial charge in [0.25, 0.3) is 0 Å². The van der Waals surface area contributed by atoms with Crippen molar-refractivity contribution in [3.8, 4) is 0 Å². The lowest BCUT2D eigenvalue weighted by Crippen LogP contribution is -2.38. The normalized spacial score (nSPS) is 11.7. The minimum atomic E-state index is 0.696. The molecule has 0 spiro atoms. The quantitative estimate of drug-likeness (QED) is 0.336. The molecule has 0 aliphatic heterocycles. The minimum absolute atomic E-state index is 0.696. The zero-order chi connectivity index (χ0) is 19.9. The van der Waals surface area contributed by atoms with Gasteiger partial charge in [0.2, 0.25) is 0 Å². The van der Waals surface area contributed by atoms with E-state index in [0.29, 0.717) is 6.54 Å². The number of hydrogen-bond acceptors (Lipinski definition) is 3. The van der Waals surface area contributed by atoms with Crippen molar-refractivity contribution in [1.29, 1.82) is 0 Å². The van der Waals surface area contributed by atoms with Gasteiger partial charge in [-0.25, -0.2) is 4.98 Å². The molecule has 0 unspecified atom stereocenters. The van der Waals surface area contributed by atoms with Gasteiger partial charge in [-0.1, -0.05) is 36.4 Å². The number of benzene rings is 2. The van der Waals surface area contributed by atoms with Crippen molar-refractivity contribution in [2.75, 3.05) is 13.6 Å². The number of fused-ring (bicyclic) bond motifs is 1. The molecule has 7 heteroatoms. The van der Waals surface area contributed by atoms with Crippen LogP contribution in [0, 0.1) is 0 Å². The summed E-state index contributed by atoms with van der Waals surface area (Å²) in [6, 6.07) is 18.4. The Morgan fingerprint density at radius 1 is 1.03 bits per heavy atom. The van der Waals surface area contributed by atoms with Crippen molar-refractivity contribution in [3.05, 3.63) is 83.9 Å². The smallest absolute Gasteiger partial charge is 0.191 e. The van der Waals surface area contributed by atoms with Crippen LogP contribution >= 0.6 is 0 Å². The van der Waals surface area contributed by atoms with Crippen molar-refractivity contribution >= 4 is 17.0 Å². The predicted octanol–water partition coefficient (Wildman–Crippen LogP) is 2.72. The molecule has 7 nitrogen and oxygen atoms in total. The van der Waals surface area contributed by atoms with E-state index in [9.17, 15) is 0 Å². The Kier molecular flexibility index (Phi) is 5.85. The summed E-state index contributed by atoms with van der Waals surface area (Å²) in [5.41, 5.74) is 4.53. The van der Waals surface area contributed by atoms with Crippen LogP contribution in [0.15, 0.2) is 72.0 Å². The first-order valence-electron chi connectivity index (χ1n) is 9.74. The Bertz CT molecular complexity index is 1050. The van der Waals surface area contributed by atoms with E-state index in [-0.39, 0.29) is 0 Å². The molecule has 29 heavy (non-hydrogen) atoms. The van der Waals surface area contributed by atoms with E-state index in [4.69, 9.17) is 0 Å². The van der Waals surface area contributed by atoms with E-state index in [1.807, 2.05) is 41.2 Å². The number of H-pyrrole nitrogens is 1. The monoisotopic (exact) mass is 387 g/mol. The van der Waals surface area contributed by atoms with Gasteiger partial charge < -0.3 is 15.6 Å². The van der Waals surface area contributed by atoms with Crippen molar-refractivity contribution < 1.29 is 0 Å². The second-order valence-corrected chi connectivity index (χ2v) is 6.78. The fourth-order valence-electron chi connectivity index (χ4n) is 3.28. The van der Waals surface area contributed by atoms with Crippen molar-refractivity contribution in [1.82, 2.24) is 30.4 Å². The lowest BCUT2D eigenvalue weighted by molar-refractivity contribution is 0.677. The highest BCUT2D eigenvalue weighted by atomic mass is 15.3. The largest absolute Gasteiger partial charge is 0.356 e. The molecular formula is C22H25N7. The third kappa shape index (κ3) is 4.82. The van der Waals surface area contributed by atoms with Gasteiger partial charge >= 0.3 is 0 Å². The molecule has 0 radical (unpaired) electrons. The molecular weight excluding hydrogens is 362 g/mol. The van der Waals surface area contributed by atoms with Gasteiger partial charge in [-0.05, 0) is 29.3 Å². The fourth-order valence-corrected chi connectivity index (χ4v) is 3.28. The molecule has 0 aliphatic carbocycles. The van der Waals surface area contributed by atoms with Crippen molar-refractivity contribution in [3.63, 3.8) is 0 Å². The van der Waals surface area contributed by atoms with E-state index in [1.54, 1.807) is 13.2 Å². The zero-order valence-corrected chi connectivity index (χ0v) is 16.5. The van der Waals surface area contributed by atoms with Crippen LogP contribution in [0.4, 0.5) is 0 Å². The Labute approximate surface area is 169 Å². The Morgan fingerprint density at radius 2 is 1.86 bits per heavy atom. The molecule has 0 atom stereocenters. The summed E-state index contributed by atoms with van der Waals surface area (Å²) >= 11 is 0. The highest BCUT2D eigenvalue weighted by molar-refractivity contribution is 5.79. The summed E-state index contributed by atoms with van der Waals surface area (Å²) < 4.78 is 1.93. The Balaban J connectivity index is 1.30. The third-order valence-corrected chi connectivity index (χ3v) is 4.77. The van der Waals surface area contributed by atoms with Crippen LogP contribution in [0.1, 0.15) is 17.0 Å². The number of aromatic amines is 1. The summed E-state index contributed by atoms with van der Waals surface area (Å²) in [5, 5.41) is 11.1. The molecule has 0 amide bonds. The molecule has 4 aromatic rings. The van der Waals surface area contributed by atoms with Gasteiger partial charge in [-0.3, -0.25) is 9.67 Å². The molecule has 0 aliphatic rings. The van der Waals surface area contributed by atoms with E-state index in [1.165, 1.54) is 11.1 Å². The minimum Gasteiger partial charge on any atom is -0.356 e. The maximum atomic E-state index is 4.61. The summed E-state index contributed by atoms with van der Waals surface area (Å²) in [6.45, 7) is 2.19. The summed E-state index contributed by atoms with van der Waals surface area (Å²) in [4.78, 5) is 12.3. The van der Waals surface area contributed by atoms with Gasteiger partial charge in [0.15, 0.2) is 5.96 Å². The zero-order valence-electron chi connectivity index (χ0n) is 16.5. The fraction of sp³-hybridized carbons (Fsp3) is 0.227. The molecule has 148 valence electrons. The van der Waals surface area contributed by atoms with Crippen LogP contribution in [-0.2, 0) is 19.5 Å². The number of para-hydroxylation sites is 2. The maximum absolute atomic E-state index is 4.61. The predicted molar refractivity (Wildman–Crippen MR) is 116 cm³/mol. The first kappa shape index (κ1) is 18.7. The van der Waals surface area contributed by atoms with Crippen molar-refractivity contribution in [2.45, 2.75) is 19.5 Å². The number of guanidine groups is 1. The van der Waals surface area contributed by atoms with Crippen LogP contribution < -0.4 is 10.6 Å². The van der Waals surface area contributed by atoms with Gasteiger partial charge in [0.1, 0.15) is 5.82 Å². The molecule has 0 saturated heterocycles. The van der Waals surface area contributed by atoms with Crippen LogP contribution in [0.5, 0.6) is 0 Å². The second kappa shape index (κ2) is 9.05. The highest BCUT2D eigenvalue weighted by Gasteiger charge is 2.06. The number of hydrogen-bond donors (Lipinski definition) is 3. The first-order valence-corrected chi connectivity index (χ1v) is 9.74. The highest BCUT2D eigenvalue weighted by Crippen LogP contribution is 2.11. The standard InChI is InChI=1S/C22H25N7/c1-23-22(24-13-11-21-27-19-9-4-5-10-20(19)28-21)25-15-17-7-2-3-8-18(17)16-29-14-6-12-26-29/h2-10,12,14H,11,13,15-16H2,1H3,(H,27,28)(H2,23,24,25). The molecule has 0 fully saturated rings.